The standard InChI is InChI=1S/C26H18N4O2S3/c1-2-12-30-25(32)22-18(16-8-4-3-5-9-16)14-33-24(22)29-26(30)34-15-20(31)17(13-27)23-28-19-10-6-7-11-21(19)35-23/h2-11,14,31H,1,12,15H2/b20-17-. The number of allylic oxidation sites excluding steroid dienone is 2. The van der Waals surface area contributed by atoms with Gasteiger partial charge in [-0.3, -0.25) is 9.36 Å². The van der Waals surface area contributed by atoms with Crippen LogP contribution in [0.4, 0.5) is 0 Å². The first kappa shape index (κ1) is 23.1. The average molecular weight is 515 g/mol. The fourth-order valence-electron chi connectivity index (χ4n) is 3.66. The molecule has 0 aliphatic heterocycles. The van der Waals surface area contributed by atoms with Crippen LogP contribution in [0.25, 0.3) is 37.1 Å². The van der Waals surface area contributed by atoms with E-state index in [2.05, 4.69) is 17.6 Å². The molecular weight excluding hydrogens is 497 g/mol. The highest BCUT2D eigenvalue weighted by atomic mass is 32.2. The Balaban J connectivity index is 1.52. The van der Waals surface area contributed by atoms with Gasteiger partial charge >= 0.3 is 0 Å². The average Bonchev–Trinajstić information content (AvgIpc) is 3.50. The predicted octanol–water partition coefficient (Wildman–Crippen LogP) is 6.51. The van der Waals surface area contributed by atoms with Crippen LogP contribution in [0.15, 0.2) is 88.3 Å². The summed E-state index contributed by atoms with van der Waals surface area (Å²) < 4.78 is 2.49. The number of nitriles is 1. The Morgan fingerprint density at radius 2 is 1.94 bits per heavy atom. The van der Waals surface area contributed by atoms with Gasteiger partial charge in [-0.25, -0.2) is 9.97 Å². The molecule has 5 aromatic rings. The van der Waals surface area contributed by atoms with Gasteiger partial charge in [-0.15, -0.1) is 29.3 Å². The molecular formula is C26H18N4O2S3. The lowest BCUT2D eigenvalue weighted by atomic mass is 10.1. The number of thiazole rings is 1. The number of para-hydroxylation sites is 1. The maximum atomic E-state index is 13.5. The molecule has 0 aliphatic rings. The van der Waals surface area contributed by atoms with Crippen LogP contribution in [0.5, 0.6) is 0 Å². The number of fused-ring (bicyclic) bond motifs is 2. The van der Waals surface area contributed by atoms with Crippen molar-refractivity contribution in [1.82, 2.24) is 14.5 Å². The molecule has 0 radical (unpaired) electrons. The Hall–Kier alpha value is -3.71. The van der Waals surface area contributed by atoms with Crippen LogP contribution in [0.2, 0.25) is 0 Å². The Bertz CT molecular complexity index is 1660. The highest BCUT2D eigenvalue weighted by Crippen LogP contribution is 2.33. The summed E-state index contributed by atoms with van der Waals surface area (Å²) in [6, 6.07) is 19.4. The molecule has 35 heavy (non-hydrogen) atoms. The number of nitrogens with zero attached hydrogens (tertiary/aromatic N) is 4. The number of aromatic nitrogens is 3. The SMILES string of the molecule is C=CCn1c(SC/C(O)=C(\C#N)c2nc3ccccc3s2)nc2scc(-c3ccccc3)c2c1=O. The first-order valence-corrected chi connectivity index (χ1v) is 13.3. The second-order valence-corrected chi connectivity index (χ2v) is 10.3. The molecule has 5 rings (SSSR count). The molecule has 0 atom stereocenters. The van der Waals surface area contributed by atoms with E-state index in [0.717, 1.165) is 21.3 Å². The normalized spacial score (nSPS) is 12.0. The second-order valence-electron chi connectivity index (χ2n) is 7.50. The Morgan fingerprint density at radius 3 is 2.69 bits per heavy atom. The third kappa shape index (κ3) is 4.39. The number of benzene rings is 2. The van der Waals surface area contributed by atoms with E-state index in [4.69, 9.17) is 4.98 Å². The Labute approximate surface area is 213 Å². The van der Waals surface area contributed by atoms with E-state index < -0.39 is 0 Å². The molecule has 0 amide bonds. The molecule has 9 heteroatoms. The summed E-state index contributed by atoms with van der Waals surface area (Å²) in [5, 5.41) is 23.9. The van der Waals surface area contributed by atoms with Gasteiger partial charge in [-0.2, -0.15) is 5.26 Å². The monoisotopic (exact) mass is 514 g/mol. The lowest BCUT2D eigenvalue weighted by Crippen LogP contribution is -2.22. The zero-order valence-electron chi connectivity index (χ0n) is 18.3. The summed E-state index contributed by atoms with van der Waals surface area (Å²) in [6.07, 6.45) is 1.64. The number of hydrogen-bond acceptors (Lipinski definition) is 8. The molecule has 0 unspecified atom stereocenters. The molecule has 3 aromatic heterocycles. The molecule has 0 bridgehead atoms. The highest BCUT2D eigenvalue weighted by Gasteiger charge is 2.19. The summed E-state index contributed by atoms with van der Waals surface area (Å²) in [7, 11) is 0. The van der Waals surface area contributed by atoms with Crippen molar-refractivity contribution in [2.45, 2.75) is 11.7 Å². The lowest BCUT2D eigenvalue weighted by Gasteiger charge is -2.11. The van der Waals surface area contributed by atoms with Crippen LogP contribution < -0.4 is 5.56 Å². The van der Waals surface area contributed by atoms with Crippen molar-refractivity contribution in [3.8, 4) is 17.2 Å². The largest absolute Gasteiger partial charge is 0.510 e. The summed E-state index contributed by atoms with van der Waals surface area (Å²) >= 11 is 3.97. The Morgan fingerprint density at radius 1 is 1.17 bits per heavy atom. The van der Waals surface area contributed by atoms with E-state index in [1.165, 1.54) is 34.4 Å². The number of thiophene rings is 1. The maximum absolute atomic E-state index is 13.5. The lowest BCUT2D eigenvalue weighted by molar-refractivity contribution is 0.420. The van der Waals surface area contributed by atoms with Crippen molar-refractivity contribution in [3.05, 3.63) is 93.8 Å². The minimum absolute atomic E-state index is 0.0742. The van der Waals surface area contributed by atoms with Crippen LogP contribution in [-0.4, -0.2) is 25.4 Å². The van der Waals surface area contributed by atoms with E-state index in [9.17, 15) is 15.2 Å². The first-order chi connectivity index (χ1) is 17.1. The minimum atomic E-state index is -0.160. The third-order valence-electron chi connectivity index (χ3n) is 5.30. The molecule has 172 valence electrons. The molecule has 0 fully saturated rings. The van der Waals surface area contributed by atoms with E-state index >= 15 is 0 Å². The second kappa shape index (κ2) is 9.88. The zero-order valence-corrected chi connectivity index (χ0v) is 20.8. The summed E-state index contributed by atoms with van der Waals surface area (Å²) in [4.78, 5) is 23.3. The molecule has 0 saturated heterocycles. The summed E-state index contributed by atoms with van der Waals surface area (Å²) in [5.41, 5.74) is 2.55. The van der Waals surface area contributed by atoms with Crippen molar-refractivity contribution < 1.29 is 5.11 Å². The van der Waals surface area contributed by atoms with Crippen LogP contribution >= 0.6 is 34.4 Å². The highest BCUT2D eigenvalue weighted by molar-refractivity contribution is 7.99. The smallest absolute Gasteiger partial charge is 0.263 e. The van der Waals surface area contributed by atoms with Gasteiger partial charge < -0.3 is 5.11 Å². The van der Waals surface area contributed by atoms with Gasteiger partial charge in [0.1, 0.15) is 27.2 Å². The zero-order chi connectivity index (χ0) is 24.4. The van der Waals surface area contributed by atoms with Gasteiger partial charge in [-0.05, 0) is 17.7 Å². The number of aliphatic hydroxyl groups is 1. The minimum Gasteiger partial charge on any atom is -0.510 e. The molecule has 3 heterocycles. The van der Waals surface area contributed by atoms with Crippen molar-refractivity contribution in [1.29, 1.82) is 5.26 Å². The first-order valence-electron chi connectivity index (χ1n) is 10.6. The number of aliphatic hydroxyl groups excluding tert-OH is 1. The van der Waals surface area contributed by atoms with Crippen molar-refractivity contribution in [2.75, 3.05) is 5.75 Å². The van der Waals surface area contributed by atoms with Crippen LogP contribution in [0.1, 0.15) is 5.01 Å². The van der Waals surface area contributed by atoms with Gasteiger partial charge in [0.15, 0.2) is 5.16 Å². The summed E-state index contributed by atoms with van der Waals surface area (Å²) in [5.74, 6) is -0.0302. The topological polar surface area (TPSA) is 91.8 Å². The van der Waals surface area contributed by atoms with E-state index in [-0.39, 0.29) is 29.2 Å². The number of thioether (sulfide) groups is 1. The maximum Gasteiger partial charge on any atom is 0.263 e. The quantitative estimate of drug-likeness (QED) is 0.0876. The Kier molecular flexibility index (Phi) is 6.51. The van der Waals surface area contributed by atoms with E-state index in [1.807, 2.05) is 60.0 Å². The molecule has 1 N–H and O–H groups in total. The fourth-order valence-corrected chi connectivity index (χ4v) is 6.51. The van der Waals surface area contributed by atoms with Crippen molar-refractivity contribution in [3.63, 3.8) is 0 Å². The molecule has 0 spiro atoms. The third-order valence-corrected chi connectivity index (χ3v) is 8.22. The van der Waals surface area contributed by atoms with Gasteiger partial charge in [0, 0.05) is 17.5 Å². The van der Waals surface area contributed by atoms with E-state index in [1.54, 1.807) is 10.6 Å². The molecule has 0 aliphatic carbocycles. The number of hydrogen-bond donors (Lipinski definition) is 1. The molecule has 2 aromatic carbocycles. The van der Waals surface area contributed by atoms with Gasteiger partial charge in [0.25, 0.3) is 5.56 Å². The summed E-state index contributed by atoms with van der Waals surface area (Å²) in [6.45, 7) is 4.06. The van der Waals surface area contributed by atoms with Crippen molar-refractivity contribution >= 4 is 60.4 Å². The van der Waals surface area contributed by atoms with Gasteiger partial charge in [0.2, 0.25) is 0 Å². The number of rotatable bonds is 7. The fraction of sp³-hybridized carbons (Fsp3) is 0.0769. The van der Waals surface area contributed by atoms with Crippen molar-refractivity contribution in [2.24, 2.45) is 0 Å². The van der Waals surface area contributed by atoms with Crippen LogP contribution in [0.3, 0.4) is 0 Å². The van der Waals surface area contributed by atoms with Crippen LogP contribution in [-0.2, 0) is 6.54 Å². The van der Waals surface area contributed by atoms with Gasteiger partial charge in [-0.1, -0.05) is 60.3 Å². The predicted molar refractivity (Wildman–Crippen MR) is 145 cm³/mol. The molecule has 6 nitrogen and oxygen atoms in total. The molecule has 0 saturated carbocycles. The van der Waals surface area contributed by atoms with E-state index in [0.29, 0.717) is 20.4 Å². The van der Waals surface area contributed by atoms with Crippen LogP contribution in [0, 0.1) is 11.3 Å². The van der Waals surface area contributed by atoms with Gasteiger partial charge in [0.05, 0.1) is 21.4 Å².